The molecule has 5 heteroatoms. The van der Waals surface area contributed by atoms with Gasteiger partial charge >= 0.3 is 0 Å². The molecule has 2 rings (SSSR count). The maximum absolute atomic E-state index is 12.0. The first-order valence-corrected chi connectivity index (χ1v) is 8.19. The fourth-order valence-corrected chi connectivity index (χ4v) is 2.96. The highest BCUT2D eigenvalue weighted by atomic mass is 16.2. The van der Waals surface area contributed by atoms with E-state index in [1.54, 1.807) is 12.4 Å². The van der Waals surface area contributed by atoms with Gasteiger partial charge in [0.1, 0.15) is 0 Å². The molecule has 0 spiro atoms. The van der Waals surface area contributed by atoms with Crippen molar-refractivity contribution >= 4 is 5.91 Å². The molecular formula is C17H28N4O. The van der Waals surface area contributed by atoms with Crippen LogP contribution in [0.15, 0.2) is 24.5 Å². The quantitative estimate of drug-likeness (QED) is 0.829. The smallest absolute Gasteiger partial charge is 0.234 e. The van der Waals surface area contributed by atoms with Gasteiger partial charge in [-0.05, 0) is 58.1 Å². The molecule has 122 valence electrons. The van der Waals surface area contributed by atoms with E-state index in [0.29, 0.717) is 19.1 Å². The van der Waals surface area contributed by atoms with Crippen LogP contribution in [0.1, 0.15) is 31.2 Å². The van der Waals surface area contributed by atoms with Gasteiger partial charge in [0.15, 0.2) is 0 Å². The van der Waals surface area contributed by atoms with E-state index in [0.717, 1.165) is 18.5 Å². The minimum Gasteiger partial charge on any atom is -0.351 e. The molecule has 1 atom stereocenters. The third kappa shape index (κ3) is 5.73. The van der Waals surface area contributed by atoms with Gasteiger partial charge in [-0.15, -0.1) is 0 Å². The lowest BCUT2D eigenvalue weighted by Gasteiger charge is -2.33. The summed E-state index contributed by atoms with van der Waals surface area (Å²) in [5, 5.41) is 2.95. The number of hydrogen-bond donors (Lipinski definition) is 1. The second kappa shape index (κ2) is 8.86. The molecule has 0 radical (unpaired) electrons. The van der Waals surface area contributed by atoms with E-state index in [1.165, 1.54) is 25.8 Å². The van der Waals surface area contributed by atoms with Crippen molar-refractivity contribution in [3.05, 3.63) is 30.1 Å². The zero-order valence-electron chi connectivity index (χ0n) is 13.8. The average Bonchev–Trinajstić information content (AvgIpc) is 2.53. The number of carbonyl (C=O) groups is 1. The van der Waals surface area contributed by atoms with Crippen LogP contribution in [0.4, 0.5) is 0 Å². The van der Waals surface area contributed by atoms with E-state index < -0.39 is 0 Å². The molecule has 0 aromatic carbocycles. The van der Waals surface area contributed by atoms with E-state index in [1.807, 2.05) is 19.2 Å². The summed E-state index contributed by atoms with van der Waals surface area (Å²) >= 11 is 0. The summed E-state index contributed by atoms with van der Waals surface area (Å²) in [5.74, 6) is 0.0725. The summed E-state index contributed by atoms with van der Waals surface area (Å²) in [6, 6.07) is 4.53. The highest BCUT2D eigenvalue weighted by Crippen LogP contribution is 2.17. The topological polar surface area (TPSA) is 48.5 Å². The SMILES string of the molecule is CN(CC[C@@H]1CCCCN1C)CC(=O)NCc1cccnc1. The Bertz CT molecular complexity index is 451. The molecule has 0 bridgehead atoms. The molecule has 1 aliphatic rings. The summed E-state index contributed by atoms with van der Waals surface area (Å²) in [7, 11) is 4.23. The second-order valence-electron chi connectivity index (χ2n) is 6.29. The van der Waals surface area contributed by atoms with Gasteiger partial charge < -0.3 is 10.2 Å². The van der Waals surface area contributed by atoms with Gasteiger partial charge in [0, 0.05) is 25.0 Å². The summed E-state index contributed by atoms with van der Waals surface area (Å²) in [6.07, 6.45) is 8.61. The monoisotopic (exact) mass is 304 g/mol. The Kier molecular flexibility index (Phi) is 6.80. The number of amides is 1. The lowest BCUT2D eigenvalue weighted by Crippen LogP contribution is -2.40. The largest absolute Gasteiger partial charge is 0.351 e. The lowest BCUT2D eigenvalue weighted by atomic mass is 10.00. The number of carbonyl (C=O) groups excluding carboxylic acids is 1. The summed E-state index contributed by atoms with van der Waals surface area (Å²) in [5.41, 5.74) is 1.03. The molecule has 0 aliphatic carbocycles. The van der Waals surface area contributed by atoms with Crippen molar-refractivity contribution < 1.29 is 4.79 Å². The van der Waals surface area contributed by atoms with E-state index in [-0.39, 0.29) is 5.91 Å². The molecule has 1 aliphatic heterocycles. The number of aromatic nitrogens is 1. The molecular weight excluding hydrogens is 276 g/mol. The van der Waals surface area contributed by atoms with Gasteiger partial charge in [0.2, 0.25) is 5.91 Å². The fraction of sp³-hybridized carbons (Fsp3) is 0.647. The van der Waals surface area contributed by atoms with Crippen molar-refractivity contribution in [2.75, 3.05) is 33.7 Å². The minimum absolute atomic E-state index is 0.0725. The Morgan fingerprint density at radius 1 is 1.50 bits per heavy atom. The zero-order valence-corrected chi connectivity index (χ0v) is 13.8. The molecule has 5 nitrogen and oxygen atoms in total. The zero-order chi connectivity index (χ0) is 15.8. The Morgan fingerprint density at radius 2 is 2.36 bits per heavy atom. The molecule has 1 amide bonds. The maximum Gasteiger partial charge on any atom is 0.234 e. The second-order valence-corrected chi connectivity index (χ2v) is 6.29. The number of pyridine rings is 1. The van der Waals surface area contributed by atoms with Crippen molar-refractivity contribution in [2.24, 2.45) is 0 Å². The van der Waals surface area contributed by atoms with Crippen LogP contribution in [0.3, 0.4) is 0 Å². The molecule has 22 heavy (non-hydrogen) atoms. The van der Waals surface area contributed by atoms with Crippen LogP contribution in [0, 0.1) is 0 Å². The van der Waals surface area contributed by atoms with E-state index in [2.05, 4.69) is 27.1 Å². The van der Waals surface area contributed by atoms with E-state index in [9.17, 15) is 4.79 Å². The summed E-state index contributed by atoms with van der Waals surface area (Å²) < 4.78 is 0. The first kappa shape index (κ1) is 16.9. The van der Waals surface area contributed by atoms with E-state index >= 15 is 0 Å². The van der Waals surface area contributed by atoms with Gasteiger partial charge in [-0.3, -0.25) is 14.7 Å². The Balaban J connectivity index is 1.63. The van der Waals surface area contributed by atoms with Crippen LogP contribution in [0.2, 0.25) is 0 Å². The molecule has 0 saturated carbocycles. The van der Waals surface area contributed by atoms with Gasteiger partial charge in [0.25, 0.3) is 0 Å². The number of piperidine rings is 1. The summed E-state index contributed by atoms with van der Waals surface area (Å²) in [4.78, 5) is 20.6. The van der Waals surface area contributed by atoms with Crippen LogP contribution in [0.5, 0.6) is 0 Å². The van der Waals surface area contributed by atoms with Crippen molar-refractivity contribution in [2.45, 2.75) is 38.3 Å². The average molecular weight is 304 g/mol. The van der Waals surface area contributed by atoms with Crippen molar-refractivity contribution in [1.82, 2.24) is 20.1 Å². The van der Waals surface area contributed by atoms with Crippen LogP contribution in [-0.2, 0) is 11.3 Å². The predicted molar refractivity (Wildman–Crippen MR) is 88.5 cm³/mol. The van der Waals surface area contributed by atoms with Crippen molar-refractivity contribution in [3.63, 3.8) is 0 Å². The number of hydrogen-bond acceptors (Lipinski definition) is 4. The minimum atomic E-state index is 0.0725. The molecule has 2 heterocycles. The highest BCUT2D eigenvalue weighted by Gasteiger charge is 2.19. The highest BCUT2D eigenvalue weighted by molar-refractivity contribution is 5.77. The predicted octanol–water partition coefficient (Wildman–Crippen LogP) is 1.50. The number of nitrogens with zero attached hydrogens (tertiary/aromatic N) is 3. The van der Waals surface area contributed by atoms with Gasteiger partial charge in [0.05, 0.1) is 6.54 Å². The standard InChI is InChI=1S/C17H28N4O/c1-20(11-8-16-7-3-4-10-21(16)2)14-17(22)19-13-15-6-5-9-18-12-15/h5-6,9,12,16H,3-4,7-8,10-11,13-14H2,1-2H3,(H,19,22)/t16-/m0/s1. The van der Waals surface area contributed by atoms with Gasteiger partial charge in [-0.1, -0.05) is 12.5 Å². The number of likely N-dealkylation sites (tertiary alicyclic amines) is 1. The Hall–Kier alpha value is -1.46. The van der Waals surface area contributed by atoms with Crippen LogP contribution in [0.25, 0.3) is 0 Å². The van der Waals surface area contributed by atoms with Crippen LogP contribution >= 0.6 is 0 Å². The Morgan fingerprint density at radius 3 is 3.09 bits per heavy atom. The van der Waals surface area contributed by atoms with Crippen molar-refractivity contribution in [3.8, 4) is 0 Å². The van der Waals surface area contributed by atoms with Crippen molar-refractivity contribution in [1.29, 1.82) is 0 Å². The fourth-order valence-electron chi connectivity index (χ4n) is 2.96. The van der Waals surface area contributed by atoms with Crippen LogP contribution in [-0.4, -0.2) is 60.5 Å². The lowest BCUT2D eigenvalue weighted by molar-refractivity contribution is -0.122. The molecule has 1 fully saturated rings. The van der Waals surface area contributed by atoms with Crippen LogP contribution < -0.4 is 5.32 Å². The molecule has 1 saturated heterocycles. The number of rotatable bonds is 7. The van der Waals surface area contributed by atoms with Gasteiger partial charge in [-0.25, -0.2) is 0 Å². The Labute approximate surface area is 133 Å². The van der Waals surface area contributed by atoms with E-state index in [4.69, 9.17) is 0 Å². The maximum atomic E-state index is 12.0. The number of nitrogens with one attached hydrogen (secondary N) is 1. The molecule has 1 aromatic heterocycles. The number of likely N-dealkylation sites (N-methyl/N-ethyl adjacent to an activating group) is 1. The van der Waals surface area contributed by atoms with Gasteiger partial charge in [-0.2, -0.15) is 0 Å². The first-order chi connectivity index (χ1) is 10.6. The summed E-state index contributed by atoms with van der Waals surface area (Å²) in [6.45, 7) is 3.18. The third-order valence-corrected chi connectivity index (χ3v) is 4.39. The normalized spacial score (nSPS) is 19.3. The molecule has 1 aromatic rings. The molecule has 1 N–H and O–H groups in total. The molecule has 0 unspecified atom stereocenters. The first-order valence-electron chi connectivity index (χ1n) is 8.19. The third-order valence-electron chi connectivity index (χ3n) is 4.39.